The Morgan fingerprint density at radius 3 is 2.64 bits per heavy atom. The maximum atomic E-state index is 13.6. The number of nitrogens with one attached hydrogen (secondary N) is 1. The summed E-state index contributed by atoms with van der Waals surface area (Å²) in [4.78, 5) is 16.9. The maximum absolute atomic E-state index is 13.6. The Morgan fingerprint density at radius 2 is 1.86 bits per heavy atom. The van der Waals surface area contributed by atoms with Crippen LogP contribution in [-0.2, 0) is 11.2 Å². The van der Waals surface area contributed by atoms with Crippen molar-refractivity contribution in [3.63, 3.8) is 0 Å². The second kappa shape index (κ2) is 10.3. The number of benzene rings is 2. The summed E-state index contributed by atoms with van der Waals surface area (Å²) in [7, 11) is 2.17. The molecule has 0 unspecified atom stereocenters. The predicted molar refractivity (Wildman–Crippen MR) is 111 cm³/mol. The van der Waals surface area contributed by atoms with Crippen molar-refractivity contribution in [1.82, 2.24) is 15.1 Å². The molecule has 5 heteroatoms. The van der Waals surface area contributed by atoms with E-state index in [0.717, 1.165) is 32.6 Å². The number of amides is 1. The van der Waals surface area contributed by atoms with Gasteiger partial charge in [-0.15, -0.1) is 0 Å². The van der Waals surface area contributed by atoms with Crippen molar-refractivity contribution in [2.24, 2.45) is 0 Å². The molecule has 150 valence electrons. The van der Waals surface area contributed by atoms with E-state index in [1.165, 1.54) is 11.6 Å². The van der Waals surface area contributed by atoms with Crippen LogP contribution >= 0.6 is 0 Å². The van der Waals surface area contributed by atoms with Crippen molar-refractivity contribution in [3.8, 4) is 0 Å². The zero-order chi connectivity index (χ0) is 19.8. The van der Waals surface area contributed by atoms with Gasteiger partial charge in [0.2, 0.25) is 5.91 Å². The first-order valence-electron chi connectivity index (χ1n) is 10.1. The fraction of sp³-hybridized carbons (Fsp3) is 0.435. The van der Waals surface area contributed by atoms with Gasteiger partial charge in [-0.2, -0.15) is 0 Å². The van der Waals surface area contributed by atoms with E-state index in [1.54, 1.807) is 18.2 Å². The van der Waals surface area contributed by atoms with E-state index in [9.17, 15) is 9.18 Å². The third-order valence-electron chi connectivity index (χ3n) is 5.40. The lowest BCUT2D eigenvalue weighted by atomic mass is 10.0. The minimum atomic E-state index is -0.239. The van der Waals surface area contributed by atoms with Gasteiger partial charge in [0, 0.05) is 45.2 Å². The van der Waals surface area contributed by atoms with Gasteiger partial charge < -0.3 is 10.2 Å². The summed E-state index contributed by atoms with van der Waals surface area (Å²) in [6, 6.07) is 17.7. The summed E-state index contributed by atoms with van der Waals surface area (Å²) in [5.74, 6) is -0.251. The zero-order valence-electron chi connectivity index (χ0n) is 16.6. The highest BCUT2D eigenvalue weighted by molar-refractivity contribution is 5.76. The molecule has 1 atom stereocenters. The molecule has 0 bridgehead atoms. The molecule has 1 N–H and O–H groups in total. The lowest BCUT2D eigenvalue weighted by molar-refractivity contribution is -0.121. The second-order valence-electron chi connectivity index (χ2n) is 7.52. The number of nitrogens with zero attached hydrogens (tertiary/aromatic N) is 2. The third kappa shape index (κ3) is 5.88. The Labute approximate surface area is 167 Å². The summed E-state index contributed by atoms with van der Waals surface area (Å²) in [6.07, 6.45) is 1.67. The van der Waals surface area contributed by atoms with Crippen LogP contribution in [0.1, 0.15) is 30.0 Å². The third-order valence-corrected chi connectivity index (χ3v) is 5.40. The van der Waals surface area contributed by atoms with Gasteiger partial charge in [-0.1, -0.05) is 48.5 Å². The van der Waals surface area contributed by atoms with Crippen LogP contribution in [0.15, 0.2) is 54.6 Å². The van der Waals surface area contributed by atoms with Crippen LogP contribution in [0.4, 0.5) is 4.39 Å². The molecular weight excluding hydrogens is 353 g/mol. The van der Waals surface area contributed by atoms with Gasteiger partial charge in [0.15, 0.2) is 0 Å². The SMILES string of the molecule is CN1CCN(CCCNC(=O)CCc2ccccc2F)[C@@H](c2ccccc2)C1. The molecule has 3 rings (SSSR count). The average Bonchev–Trinajstić information content (AvgIpc) is 2.72. The molecule has 2 aromatic rings. The topological polar surface area (TPSA) is 35.6 Å². The van der Waals surface area contributed by atoms with Crippen LogP contribution in [0.3, 0.4) is 0 Å². The Balaban J connectivity index is 1.41. The number of piperazine rings is 1. The first-order valence-corrected chi connectivity index (χ1v) is 10.1. The van der Waals surface area contributed by atoms with Crippen LogP contribution in [0, 0.1) is 5.82 Å². The molecule has 2 aromatic carbocycles. The Morgan fingerprint density at radius 1 is 1.11 bits per heavy atom. The van der Waals surface area contributed by atoms with Crippen molar-refractivity contribution in [3.05, 3.63) is 71.5 Å². The van der Waals surface area contributed by atoms with E-state index in [0.29, 0.717) is 31.0 Å². The molecule has 1 aliphatic heterocycles. The molecule has 28 heavy (non-hydrogen) atoms. The highest BCUT2D eigenvalue weighted by atomic mass is 19.1. The minimum absolute atomic E-state index is 0.0127. The fourth-order valence-corrected chi connectivity index (χ4v) is 3.76. The summed E-state index contributed by atoms with van der Waals surface area (Å²) < 4.78 is 13.6. The quantitative estimate of drug-likeness (QED) is 0.711. The van der Waals surface area contributed by atoms with Gasteiger partial charge in [0.05, 0.1) is 0 Å². The molecule has 1 fully saturated rings. The number of aryl methyl sites for hydroxylation is 1. The largest absolute Gasteiger partial charge is 0.356 e. The number of rotatable bonds is 8. The van der Waals surface area contributed by atoms with Gasteiger partial charge in [0.25, 0.3) is 0 Å². The van der Waals surface area contributed by atoms with Crippen LogP contribution in [0.25, 0.3) is 0 Å². The van der Waals surface area contributed by atoms with E-state index >= 15 is 0 Å². The van der Waals surface area contributed by atoms with E-state index in [2.05, 4.69) is 52.5 Å². The standard InChI is InChI=1S/C23H30FN3O/c1-26-16-17-27(22(18-26)20-9-3-2-4-10-20)15-7-14-25-23(28)13-12-19-8-5-6-11-21(19)24/h2-6,8-11,22H,7,12-18H2,1H3,(H,25,28)/t22-/m1/s1. The molecule has 4 nitrogen and oxygen atoms in total. The highest BCUT2D eigenvalue weighted by Crippen LogP contribution is 2.24. The van der Waals surface area contributed by atoms with Crippen molar-refractivity contribution < 1.29 is 9.18 Å². The van der Waals surface area contributed by atoms with E-state index in [1.807, 2.05) is 0 Å². The molecule has 1 heterocycles. The number of hydrogen-bond acceptors (Lipinski definition) is 3. The van der Waals surface area contributed by atoms with E-state index in [-0.39, 0.29) is 11.7 Å². The molecule has 0 aromatic heterocycles. The van der Waals surface area contributed by atoms with Gasteiger partial charge in [-0.3, -0.25) is 9.69 Å². The molecular formula is C23H30FN3O. The fourth-order valence-electron chi connectivity index (χ4n) is 3.76. The van der Waals surface area contributed by atoms with Crippen LogP contribution in [-0.4, -0.2) is 55.5 Å². The van der Waals surface area contributed by atoms with Crippen LogP contribution in [0.5, 0.6) is 0 Å². The zero-order valence-corrected chi connectivity index (χ0v) is 16.6. The molecule has 0 spiro atoms. The Bertz CT molecular complexity index is 753. The van der Waals surface area contributed by atoms with Gasteiger partial charge >= 0.3 is 0 Å². The van der Waals surface area contributed by atoms with Crippen molar-refractivity contribution >= 4 is 5.91 Å². The lowest BCUT2D eigenvalue weighted by Gasteiger charge is -2.40. The molecule has 0 radical (unpaired) electrons. The molecule has 1 saturated heterocycles. The van der Waals surface area contributed by atoms with Gasteiger partial charge in [0.1, 0.15) is 5.82 Å². The summed E-state index contributed by atoms with van der Waals surface area (Å²) in [5.41, 5.74) is 1.95. The van der Waals surface area contributed by atoms with Crippen molar-refractivity contribution in [2.45, 2.75) is 25.3 Å². The predicted octanol–water partition coefficient (Wildman–Crippen LogP) is 3.25. The number of halogens is 1. The lowest BCUT2D eigenvalue weighted by Crippen LogP contribution is -2.47. The highest BCUT2D eigenvalue weighted by Gasteiger charge is 2.25. The minimum Gasteiger partial charge on any atom is -0.356 e. The number of hydrogen-bond donors (Lipinski definition) is 1. The number of carbonyl (C=O) groups is 1. The molecule has 1 amide bonds. The molecule has 1 aliphatic rings. The Hall–Kier alpha value is -2.24. The number of carbonyl (C=O) groups excluding carboxylic acids is 1. The molecule has 0 aliphatic carbocycles. The van der Waals surface area contributed by atoms with Gasteiger partial charge in [-0.25, -0.2) is 4.39 Å². The summed E-state index contributed by atoms with van der Waals surface area (Å²) in [5, 5.41) is 2.98. The van der Waals surface area contributed by atoms with Crippen LogP contribution < -0.4 is 5.32 Å². The van der Waals surface area contributed by atoms with E-state index < -0.39 is 0 Å². The van der Waals surface area contributed by atoms with Crippen molar-refractivity contribution in [1.29, 1.82) is 0 Å². The summed E-state index contributed by atoms with van der Waals surface area (Å²) >= 11 is 0. The first kappa shape index (κ1) is 20.5. The number of likely N-dealkylation sites (N-methyl/N-ethyl adjacent to an activating group) is 1. The van der Waals surface area contributed by atoms with Crippen LogP contribution in [0.2, 0.25) is 0 Å². The van der Waals surface area contributed by atoms with E-state index in [4.69, 9.17) is 0 Å². The molecule has 0 saturated carbocycles. The normalized spacial score (nSPS) is 18.1. The maximum Gasteiger partial charge on any atom is 0.220 e. The Kier molecular flexibility index (Phi) is 7.57. The van der Waals surface area contributed by atoms with Gasteiger partial charge in [-0.05, 0) is 37.1 Å². The summed E-state index contributed by atoms with van der Waals surface area (Å²) in [6.45, 7) is 4.75. The average molecular weight is 384 g/mol. The second-order valence-corrected chi connectivity index (χ2v) is 7.52. The smallest absolute Gasteiger partial charge is 0.220 e. The monoisotopic (exact) mass is 383 g/mol. The van der Waals surface area contributed by atoms with Crippen molar-refractivity contribution in [2.75, 3.05) is 39.8 Å². The first-order chi connectivity index (χ1) is 13.6.